The first-order valence-electron chi connectivity index (χ1n) is 9.22. The molecule has 0 fully saturated rings. The van der Waals surface area contributed by atoms with Gasteiger partial charge in [0.25, 0.3) is 0 Å². The van der Waals surface area contributed by atoms with Crippen LogP contribution >= 0.6 is 0 Å². The number of aromatic nitrogens is 5. The van der Waals surface area contributed by atoms with Crippen molar-refractivity contribution in [3.05, 3.63) is 65.8 Å². The van der Waals surface area contributed by atoms with E-state index in [1.807, 2.05) is 31.0 Å². The van der Waals surface area contributed by atoms with Crippen LogP contribution in [0.4, 0.5) is 10.2 Å². The number of hydrogen-bond acceptors (Lipinski definition) is 5. The molecule has 0 radical (unpaired) electrons. The Labute approximate surface area is 161 Å². The molecule has 140 valence electrons. The molecular weight excluding hydrogens is 355 g/mol. The summed E-state index contributed by atoms with van der Waals surface area (Å²) in [5.74, 6) is 0.482. The third-order valence-electron chi connectivity index (χ3n) is 5.24. The van der Waals surface area contributed by atoms with Gasteiger partial charge in [0.15, 0.2) is 0 Å². The van der Waals surface area contributed by atoms with E-state index in [-0.39, 0.29) is 5.82 Å². The normalized spacial score (nSPS) is 13.8. The van der Waals surface area contributed by atoms with Crippen molar-refractivity contribution < 1.29 is 4.39 Å². The Hall–Kier alpha value is -3.35. The van der Waals surface area contributed by atoms with E-state index in [0.717, 1.165) is 57.8 Å². The summed E-state index contributed by atoms with van der Waals surface area (Å²) in [7, 11) is 1.92. The highest BCUT2D eigenvalue weighted by molar-refractivity contribution is 5.89. The van der Waals surface area contributed by atoms with E-state index in [0.29, 0.717) is 6.54 Å². The second-order valence-electron chi connectivity index (χ2n) is 7.16. The van der Waals surface area contributed by atoms with E-state index < -0.39 is 0 Å². The van der Waals surface area contributed by atoms with E-state index in [2.05, 4.69) is 26.0 Å². The summed E-state index contributed by atoms with van der Waals surface area (Å²) < 4.78 is 15.6. The highest BCUT2D eigenvalue weighted by Gasteiger charge is 2.21. The van der Waals surface area contributed by atoms with Gasteiger partial charge in [0.05, 0.1) is 11.2 Å². The lowest BCUT2D eigenvalue weighted by Crippen LogP contribution is -2.31. The van der Waals surface area contributed by atoms with Crippen LogP contribution in [0.3, 0.4) is 0 Å². The number of hydrogen-bond donors (Lipinski definition) is 0. The first-order valence-corrected chi connectivity index (χ1v) is 9.22. The number of nitrogens with zero attached hydrogens (tertiary/aromatic N) is 6. The molecule has 0 saturated carbocycles. The largest absolute Gasteiger partial charge is 0.351 e. The van der Waals surface area contributed by atoms with Crippen molar-refractivity contribution in [2.24, 2.45) is 7.05 Å². The Morgan fingerprint density at radius 2 is 2.00 bits per heavy atom. The quantitative estimate of drug-likeness (QED) is 0.538. The van der Waals surface area contributed by atoms with Crippen LogP contribution in [0, 0.1) is 12.7 Å². The second kappa shape index (κ2) is 6.37. The molecule has 4 aromatic rings. The van der Waals surface area contributed by atoms with Gasteiger partial charge in [-0.15, -0.1) is 0 Å². The van der Waals surface area contributed by atoms with Gasteiger partial charge in [0, 0.05) is 61.2 Å². The standard InChI is InChI=1S/C21H19FN6/c1-13-18(11-27(2)26-13)14-7-15-10-28(6-5-19(15)23-9-14)21-17-8-16(22)3-4-20(17)24-12-25-21/h3-4,7-9,11-12H,5-6,10H2,1-2H3. The summed E-state index contributed by atoms with van der Waals surface area (Å²) in [4.78, 5) is 15.6. The second-order valence-corrected chi connectivity index (χ2v) is 7.16. The smallest absolute Gasteiger partial charge is 0.140 e. The fraction of sp³-hybridized carbons (Fsp3) is 0.238. The van der Waals surface area contributed by atoms with E-state index >= 15 is 0 Å². The van der Waals surface area contributed by atoms with E-state index in [9.17, 15) is 4.39 Å². The van der Waals surface area contributed by atoms with E-state index in [1.165, 1.54) is 12.1 Å². The maximum absolute atomic E-state index is 13.8. The molecule has 1 aliphatic rings. The molecule has 0 unspecified atom stereocenters. The Balaban J connectivity index is 1.54. The van der Waals surface area contributed by atoms with E-state index in [1.54, 1.807) is 12.4 Å². The molecule has 4 heterocycles. The van der Waals surface area contributed by atoms with Gasteiger partial charge in [-0.1, -0.05) is 0 Å². The molecule has 0 saturated heterocycles. The molecule has 0 N–H and O–H groups in total. The molecule has 1 aromatic carbocycles. The first-order chi connectivity index (χ1) is 13.6. The van der Waals surface area contributed by atoms with Crippen LogP contribution in [0.25, 0.3) is 22.0 Å². The topological polar surface area (TPSA) is 59.7 Å². The Bertz CT molecular complexity index is 1200. The lowest BCUT2D eigenvalue weighted by molar-refractivity contribution is 0.629. The molecular formula is C21H19FN6. The number of fused-ring (bicyclic) bond motifs is 2. The zero-order valence-corrected chi connectivity index (χ0v) is 15.7. The molecule has 0 amide bonds. The third kappa shape index (κ3) is 2.79. The van der Waals surface area contributed by atoms with Crippen LogP contribution in [0.15, 0.2) is 43.0 Å². The van der Waals surface area contributed by atoms with Crippen LogP contribution in [0.5, 0.6) is 0 Å². The van der Waals surface area contributed by atoms with Gasteiger partial charge in [-0.25, -0.2) is 14.4 Å². The van der Waals surface area contributed by atoms with Crippen molar-refractivity contribution in [3.63, 3.8) is 0 Å². The lowest BCUT2D eigenvalue weighted by Gasteiger charge is -2.30. The summed E-state index contributed by atoms with van der Waals surface area (Å²) in [6, 6.07) is 6.81. The van der Waals surface area contributed by atoms with Gasteiger partial charge >= 0.3 is 0 Å². The summed E-state index contributed by atoms with van der Waals surface area (Å²) >= 11 is 0. The molecule has 0 bridgehead atoms. The van der Waals surface area contributed by atoms with Crippen molar-refractivity contribution in [1.29, 1.82) is 0 Å². The highest BCUT2D eigenvalue weighted by Crippen LogP contribution is 2.30. The molecule has 7 heteroatoms. The SMILES string of the molecule is Cc1nn(C)cc1-c1cnc2c(c1)CN(c1ncnc3ccc(F)cc13)CC2. The van der Waals surface area contributed by atoms with Gasteiger partial charge in [-0.3, -0.25) is 9.67 Å². The van der Waals surface area contributed by atoms with Crippen molar-refractivity contribution in [1.82, 2.24) is 24.7 Å². The van der Waals surface area contributed by atoms with Crippen molar-refractivity contribution in [2.45, 2.75) is 19.9 Å². The van der Waals surface area contributed by atoms with Crippen molar-refractivity contribution >= 4 is 16.7 Å². The summed E-state index contributed by atoms with van der Waals surface area (Å²) in [5, 5.41) is 5.16. The Morgan fingerprint density at radius 1 is 1.11 bits per heavy atom. The first kappa shape index (κ1) is 16.8. The molecule has 5 rings (SSSR count). The van der Waals surface area contributed by atoms with Crippen LogP contribution in [-0.4, -0.2) is 31.3 Å². The number of anilines is 1. The minimum Gasteiger partial charge on any atom is -0.351 e. The van der Waals surface area contributed by atoms with Crippen LogP contribution < -0.4 is 4.90 Å². The van der Waals surface area contributed by atoms with Crippen molar-refractivity contribution in [3.8, 4) is 11.1 Å². The van der Waals surface area contributed by atoms with Crippen LogP contribution in [0.2, 0.25) is 0 Å². The fourth-order valence-electron chi connectivity index (χ4n) is 3.90. The fourth-order valence-corrected chi connectivity index (χ4v) is 3.90. The van der Waals surface area contributed by atoms with Gasteiger partial charge < -0.3 is 4.90 Å². The summed E-state index contributed by atoms with van der Waals surface area (Å²) in [6.45, 7) is 3.47. The maximum Gasteiger partial charge on any atom is 0.140 e. The summed E-state index contributed by atoms with van der Waals surface area (Å²) in [6.07, 6.45) is 6.30. The molecule has 1 aliphatic heterocycles. The third-order valence-corrected chi connectivity index (χ3v) is 5.24. The number of benzene rings is 1. The van der Waals surface area contributed by atoms with Gasteiger partial charge in [-0.2, -0.15) is 5.10 Å². The highest BCUT2D eigenvalue weighted by atomic mass is 19.1. The number of pyridine rings is 1. The molecule has 0 spiro atoms. The average molecular weight is 374 g/mol. The molecule has 28 heavy (non-hydrogen) atoms. The lowest BCUT2D eigenvalue weighted by atomic mass is 10.0. The zero-order chi connectivity index (χ0) is 19.3. The van der Waals surface area contributed by atoms with Crippen molar-refractivity contribution in [2.75, 3.05) is 11.4 Å². The average Bonchev–Trinajstić information content (AvgIpc) is 3.04. The predicted octanol–water partition coefficient (Wildman–Crippen LogP) is 3.44. The maximum atomic E-state index is 13.8. The number of rotatable bonds is 2. The van der Waals surface area contributed by atoms with E-state index in [4.69, 9.17) is 4.98 Å². The molecule has 0 aliphatic carbocycles. The van der Waals surface area contributed by atoms with Gasteiger partial charge in [0.1, 0.15) is 18.0 Å². The number of aryl methyl sites for hydroxylation is 2. The molecule has 0 atom stereocenters. The zero-order valence-electron chi connectivity index (χ0n) is 15.7. The Kier molecular flexibility index (Phi) is 3.82. The van der Waals surface area contributed by atoms with Crippen LogP contribution in [0.1, 0.15) is 17.0 Å². The monoisotopic (exact) mass is 374 g/mol. The van der Waals surface area contributed by atoms with Gasteiger partial charge in [-0.05, 0) is 36.8 Å². The minimum atomic E-state index is -0.281. The predicted molar refractivity (Wildman–Crippen MR) is 105 cm³/mol. The molecule has 6 nitrogen and oxygen atoms in total. The Morgan fingerprint density at radius 3 is 2.82 bits per heavy atom. The number of halogens is 1. The van der Waals surface area contributed by atoms with Crippen LogP contribution in [-0.2, 0) is 20.0 Å². The molecule has 3 aromatic heterocycles. The minimum absolute atomic E-state index is 0.281. The van der Waals surface area contributed by atoms with Gasteiger partial charge in [0.2, 0.25) is 0 Å². The summed E-state index contributed by atoms with van der Waals surface area (Å²) in [5.41, 5.74) is 6.14.